The highest BCUT2D eigenvalue weighted by molar-refractivity contribution is 5.07. The first-order chi connectivity index (χ1) is 7.78. The summed E-state index contributed by atoms with van der Waals surface area (Å²) in [6, 6.07) is -0.317. The van der Waals surface area contributed by atoms with Crippen molar-refractivity contribution in [2.24, 2.45) is 0 Å². The number of piperidine rings is 1. The van der Waals surface area contributed by atoms with Crippen molar-refractivity contribution in [1.82, 2.24) is 20.3 Å². The third kappa shape index (κ3) is 2.80. The Kier molecular flexibility index (Phi) is 2.93. The molecule has 96 valence electrons. The van der Waals surface area contributed by atoms with Gasteiger partial charge in [0, 0.05) is 24.6 Å². The maximum Gasteiger partial charge on any atom is 0.262 e. The number of hydrogen-bond donors (Lipinski definition) is 1. The van der Waals surface area contributed by atoms with Gasteiger partial charge in [0.05, 0.1) is 18.3 Å². The maximum absolute atomic E-state index is 13.3. The van der Waals surface area contributed by atoms with Gasteiger partial charge in [-0.3, -0.25) is 0 Å². The molecule has 0 spiro atoms. The molecule has 1 aliphatic heterocycles. The van der Waals surface area contributed by atoms with Crippen molar-refractivity contribution >= 4 is 0 Å². The number of nitrogens with zero attached hydrogens (tertiary/aromatic N) is 3. The molecule has 4 nitrogen and oxygen atoms in total. The van der Waals surface area contributed by atoms with Crippen molar-refractivity contribution in [1.29, 1.82) is 0 Å². The summed E-state index contributed by atoms with van der Waals surface area (Å²) in [6.45, 7) is 6.34. The molecule has 1 aliphatic rings. The van der Waals surface area contributed by atoms with Crippen LogP contribution in [0.15, 0.2) is 6.20 Å². The smallest absolute Gasteiger partial charge is 0.262 e. The van der Waals surface area contributed by atoms with Crippen LogP contribution in [0.25, 0.3) is 0 Å². The lowest BCUT2D eigenvalue weighted by atomic mass is 9.93. The highest BCUT2D eigenvalue weighted by Crippen LogP contribution is 2.29. The fourth-order valence-corrected chi connectivity index (χ4v) is 1.90. The molecule has 1 atom stereocenters. The molecule has 0 aliphatic carbocycles. The monoisotopic (exact) mass is 244 g/mol. The van der Waals surface area contributed by atoms with Gasteiger partial charge >= 0.3 is 0 Å². The molecule has 1 aromatic rings. The average molecular weight is 244 g/mol. The zero-order chi connectivity index (χ0) is 12.7. The van der Waals surface area contributed by atoms with E-state index < -0.39 is 5.92 Å². The predicted octanol–water partition coefficient (Wildman–Crippen LogP) is 1.75. The van der Waals surface area contributed by atoms with Crippen LogP contribution in [-0.4, -0.2) is 34.0 Å². The molecule has 0 saturated carbocycles. The third-order valence-electron chi connectivity index (χ3n) is 2.95. The van der Waals surface area contributed by atoms with Crippen molar-refractivity contribution in [2.75, 3.05) is 13.1 Å². The molecule has 2 rings (SSSR count). The van der Waals surface area contributed by atoms with Crippen molar-refractivity contribution < 1.29 is 8.78 Å². The molecule has 1 saturated heterocycles. The Morgan fingerprint density at radius 2 is 2.18 bits per heavy atom. The van der Waals surface area contributed by atoms with Gasteiger partial charge in [-0.25, -0.2) is 13.5 Å². The highest BCUT2D eigenvalue weighted by Gasteiger charge is 2.37. The lowest BCUT2D eigenvalue weighted by Crippen LogP contribution is -2.44. The molecule has 0 bridgehead atoms. The van der Waals surface area contributed by atoms with Gasteiger partial charge in [-0.2, -0.15) is 0 Å². The number of aromatic nitrogens is 3. The molecule has 0 amide bonds. The minimum absolute atomic E-state index is 0.108. The minimum Gasteiger partial charge on any atom is -0.309 e. The first kappa shape index (κ1) is 12.4. The van der Waals surface area contributed by atoms with E-state index >= 15 is 0 Å². The van der Waals surface area contributed by atoms with Crippen LogP contribution >= 0.6 is 0 Å². The van der Waals surface area contributed by atoms with Crippen LogP contribution in [0.3, 0.4) is 0 Å². The topological polar surface area (TPSA) is 42.7 Å². The third-order valence-corrected chi connectivity index (χ3v) is 2.95. The van der Waals surface area contributed by atoms with Crippen LogP contribution in [0, 0.1) is 0 Å². The number of nitrogens with one attached hydrogen (secondary N) is 1. The van der Waals surface area contributed by atoms with Crippen LogP contribution in [0.4, 0.5) is 8.78 Å². The van der Waals surface area contributed by atoms with Crippen LogP contribution in [0.5, 0.6) is 0 Å². The fraction of sp³-hybridized carbons (Fsp3) is 0.818. The van der Waals surface area contributed by atoms with E-state index in [0.29, 0.717) is 6.54 Å². The summed E-state index contributed by atoms with van der Waals surface area (Å²) in [4.78, 5) is 0. The van der Waals surface area contributed by atoms with Crippen molar-refractivity contribution in [2.45, 2.75) is 44.6 Å². The van der Waals surface area contributed by atoms with Gasteiger partial charge in [-0.05, 0) is 0 Å². The molecule has 0 aromatic carbocycles. The summed E-state index contributed by atoms with van der Waals surface area (Å²) in [7, 11) is 0. The molecule has 1 N–H and O–H groups in total. The van der Waals surface area contributed by atoms with E-state index in [9.17, 15) is 8.78 Å². The molecular formula is C11H18F2N4. The number of alkyl halides is 2. The SMILES string of the molecule is CC(C)(C)c1cn(C2CNCC(F)(F)C2)nn1. The quantitative estimate of drug-likeness (QED) is 0.818. The van der Waals surface area contributed by atoms with E-state index in [0.717, 1.165) is 5.69 Å². The fourth-order valence-electron chi connectivity index (χ4n) is 1.90. The summed E-state index contributed by atoms with van der Waals surface area (Å²) in [5.74, 6) is -2.66. The van der Waals surface area contributed by atoms with Gasteiger partial charge in [-0.1, -0.05) is 26.0 Å². The molecule has 0 radical (unpaired) electrons. The minimum atomic E-state index is -2.66. The molecule has 1 unspecified atom stereocenters. The van der Waals surface area contributed by atoms with Crippen molar-refractivity contribution in [3.05, 3.63) is 11.9 Å². The Labute approximate surface area is 99.4 Å². The number of halogens is 2. The number of rotatable bonds is 1. The summed E-state index contributed by atoms with van der Waals surface area (Å²) in [5.41, 5.74) is 0.717. The van der Waals surface area contributed by atoms with E-state index in [1.165, 1.54) is 0 Å². The van der Waals surface area contributed by atoms with E-state index in [2.05, 4.69) is 15.6 Å². The maximum atomic E-state index is 13.3. The molecule has 2 heterocycles. The summed E-state index contributed by atoms with van der Waals surface area (Å²) < 4.78 is 28.1. The second-order valence-corrected chi connectivity index (χ2v) is 5.68. The Hall–Kier alpha value is -1.04. The summed E-state index contributed by atoms with van der Waals surface area (Å²) in [6.07, 6.45) is 1.60. The van der Waals surface area contributed by atoms with Crippen molar-refractivity contribution in [3.63, 3.8) is 0 Å². The van der Waals surface area contributed by atoms with E-state index in [1.54, 1.807) is 10.9 Å². The largest absolute Gasteiger partial charge is 0.309 e. The second-order valence-electron chi connectivity index (χ2n) is 5.68. The number of hydrogen-bond acceptors (Lipinski definition) is 3. The van der Waals surface area contributed by atoms with Gasteiger partial charge in [0.2, 0.25) is 0 Å². The normalized spacial score (nSPS) is 24.9. The standard InChI is InChI=1S/C11H18F2N4/c1-10(2,3)9-6-17(16-15-9)8-4-11(12,13)7-14-5-8/h6,8,14H,4-5,7H2,1-3H3. The Morgan fingerprint density at radius 1 is 1.47 bits per heavy atom. The zero-order valence-corrected chi connectivity index (χ0v) is 10.4. The lowest BCUT2D eigenvalue weighted by molar-refractivity contribution is -0.0383. The van der Waals surface area contributed by atoms with Gasteiger partial charge in [-0.15, -0.1) is 5.10 Å². The average Bonchev–Trinajstić information content (AvgIpc) is 2.63. The highest BCUT2D eigenvalue weighted by atomic mass is 19.3. The lowest BCUT2D eigenvalue weighted by Gasteiger charge is -2.29. The second kappa shape index (κ2) is 4.01. The van der Waals surface area contributed by atoms with Crippen LogP contribution in [0.1, 0.15) is 38.9 Å². The van der Waals surface area contributed by atoms with E-state index in [4.69, 9.17) is 0 Å². The van der Waals surface area contributed by atoms with Crippen LogP contribution in [0.2, 0.25) is 0 Å². The van der Waals surface area contributed by atoms with E-state index in [-0.39, 0.29) is 24.4 Å². The van der Waals surface area contributed by atoms with E-state index in [1.807, 2.05) is 20.8 Å². The molecule has 1 aromatic heterocycles. The van der Waals surface area contributed by atoms with Gasteiger partial charge in [0.15, 0.2) is 0 Å². The molecular weight excluding hydrogens is 226 g/mol. The molecule has 6 heteroatoms. The Balaban J connectivity index is 2.15. The molecule has 17 heavy (non-hydrogen) atoms. The Morgan fingerprint density at radius 3 is 2.71 bits per heavy atom. The summed E-state index contributed by atoms with van der Waals surface area (Å²) >= 11 is 0. The van der Waals surface area contributed by atoms with Crippen LogP contribution in [-0.2, 0) is 5.41 Å². The van der Waals surface area contributed by atoms with Gasteiger partial charge in [0.25, 0.3) is 5.92 Å². The van der Waals surface area contributed by atoms with Crippen molar-refractivity contribution in [3.8, 4) is 0 Å². The van der Waals surface area contributed by atoms with Crippen LogP contribution < -0.4 is 5.32 Å². The van der Waals surface area contributed by atoms with Gasteiger partial charge in [0.1, 0.15) is 0 Å². The Bertz CT molecular complexity index is 394. The first-order valence-electron chi connectivity index (χ1n) is 5.79. The first-order valence-corrected chi connectivity index (χ1v) is 5.79. The molecule has 1 fully saturated rings. The van der Waals surface area contributed by atoms with Gasteiger partial charge < -0.3 is 5.32 Å². The zero-order valence-electron chi connectivity index (χ0n) is 10.4. The predicted molar refractivity (Wildman–Crippen MR) is 60.2 cm³/mol. The summed E-state index contributed by atoms with van der Waals surface area (Å²) in [5, 5.41) is 10.7.